The normalized spacial score (nSPS) is 17.7. The van der Waals surface area contributed by atoms with Gasteiger partial charge in [0.25, 0.3) is 5.69 Å². The zero-order valence-corrected chi connectivity index (χ0v) is 19.9. The van der Waals surface area contributed by atoms with E-state index in [1.165, 1.54) is 12.1 Å². The second-order valence-corrected chi connectivity index (χ2v) is 8.80. The molecule has 37 heavy (non-hydrogen) atoms. The number of anilines is 2. The quantitative estimate of drug-likeness (QED) is 0.290. The maximum Gasteiger partial charge on any atom is 0.269 e. The van der Waals surface area contributed by atoms with Gasteiger partial charge in [-0.1, -0.05) is 30.3 Å². The van der Waals surface area contributed by atoms with Crippen LogP contribution >= 0.6 is 0 Å². The number of nitro benzene ring substituents is 1. The summed E-state index contributed by atoms with van der Waals surface area (Å²) in [6.07, 6.45) is 0. The molecule has 2 aliphatic rings. The topological polar surface area (TPSA) is 126 Å². The van der Waals surface area contributed by atoms with Crippen molar-refractivity contribution in [1.82, 2.24) is 4.90 Å². The van der Waals surface area contributed by atoms with Gasteiger partial charge in [0.15, 0.2) is 0 Å². The summed E-state index contributed by atoms with van der Waals surface area (Å²) < 4.78 is 5.31. The lowest BCUT2D eigenvalue weighted by Crippen LogP contribution is -2.41. The highest BCUT2D eigenvalue weighted by atomic mass is 16.6. The number of non-ortho nitro benzene ring substituents is 1. The number of hydrogen-bond acceptors (Lipinski definition) is 7. The van der Waals surface area contributed by atoms with Crippen molar-refractivity contribution in [3.05, 3.63) is 94.0 Å². The summed E-state index contributed by atoms with van der Waals surface area (Å²) in [4.78, 5) is 43.2. The van der Waals surface area contributed by atoms with Gasteiger partial charge in [-0.25, -0.2) is 0 Å². The number of ether oxygens (including phenoxy) is 1. The maximum atomic E-state index is 13.0. The first-order valence-electron chi connectivity index (χ1n) is 11.9. The van der Waals surface area contributed by atoms with E-state index < -0.39 is 10.8 Å². The monoisotopic (exact) mass is 499 g/mol. The first kappa shape index (κ1) is 24.3. The van der Waals surface area contributed by atoms with Gasteiger partial charge in [-0.3, -0.25) is 29.6 Å². The van der Waals surface area contributed by atoms with Gasteiger partial charge in [-0.2, -0.15) is 0 Å². The van der Waals surface area contributed by atoms with Crippen LogP contribution in [0.3, 0.4) is 0 Å². The van der Waals surface area contributed by atoms with Crippen LogP contribution in [-0.4, -0.2) is 60.2 Å². The Labute approximate surface area is 213 Å². The fraction of sp³-hybridized carbons (Fsp3) is 0.222. The van der Waals surface area contributed by atoms with E-state index in [0.29, 0.717) is 48.1 Å². The molecular formula is C27H25N5O5. The van der Waals surface area contributed by atoms with Crippen LogP contribution in [0.5, 0.6) is 0 Å². The van der Waals surface area contributed by atoms with Crippen molar-refractivity contribution >= 4 is 40.3 Å². The number of nitrogens with zero attached hydrogens (tertiary/aromatic N) is 3. The molecule has 5 rings (SSSR count). The molecule has 3 aromatic carbocycles. The molecule has 1 unspecified atom stereocenters. The summed E-state index contributed by atoms with van der Waals surface area (Å²) in [6.45, 7) is 3.00. The van der Waals surface area contributed by atoms with Crippen molar-refractivity contribution in [2.75, 3.05) is 43.5 Å². The van der Waals surface area contributed by atoms with Gasteiger partial charge in [0.1, 0.15) is 5.92 Å². The lowest BCUT2D eigenvalue weighted by Gasteiger charge is -2.25. The summed E-state index contributed by atoms with van der Waals surface area (Å²) in [5.74, 6) is -1.22. The van der Waals surface area contributed by atoms with Crippen molar-refractivity contribution in [1.29, 1.82) is 0 Å². The third-order valence-corrected chi connectivity index (χ3v) is 6.29. The van der Waals surface area contributed by atoms with E-state index >= 15 is 0 Å². The fourth-order valence-electron chi connectivity index (χ4n) is 4.46. The molecule has 1 saturated heterocycles. The highest BCUT2D eigenvalue weighted by Crippen LogP contribution is 2.38. The van der Waals surface area contributed by atoms with E-state index in [-0.39, 0.29) is 17.5 Å². The predicted molar refractivity (Wildman–Crippen MR) is 139 cm³/mol. The van der Waals surface area contributed by atoms with Crippen molar-refractivity contribution in [3.8, 4) is 0 Å². The van der Waals surface area contributed by atoms with E-state index in [0.717, 1.165) is 18.7 Å². The minimum atomic E-state index is -0.815. The third kappa shape index (κ3) is 5.55. The Morgan fingerprint density at radius 1 is 1.08 bits per heavy atom. The Bertz CT molecular complexity index is 1350. The predicted octanol–water partition coefficient (Wildman–Crippen LogP) is 3.72. The number of morpholine rings is 1. The average Bonchev–Trinajstić information content (AvgIpc) is 3.24. The van der Waals surface area contributed by atoms with Gasteiger partial charge in [-0.15, -0.1) is 0 Å². The molecule has 188 valence electrons. The van der Waals surface area contributed by atoms with Crippen molar-refractivity contribution in [2.24, 2.45) is 4.99 Å². The van der Waals surface area contributed by atoms with Crippen LogP contribution in [0.2, 0.25) is 0 Å². The Balaban J connectivity index is 1.42. The van der Waals surface area contributed by atoms with Crippen LogP contribution in [0, 0.1) is 10.1 Å². The number of carbonyl (C=O) groups excluding carboxylic acids is 2. The number of nitrogens with one attached hydrogen (secondary N) is 2. The summed E-state index contributed by atoms with van der Waals surface area (Å²) in [5, 5.41) is 17.1. The van der Waals surface area contributed by atoms with Crippen LogP contribution < -0.4 is 10.6 Å². The van der Waals surface area contributed by atoms with Crippen LogP contribution in [-0.2, 0) is 14.3 Å². The molecule has 3 aromatic rings. The number of aliphatic imine (C=N–C) groups is 1. The molecule has 2 heterocycles. The van der Waals surface area contributed by atoms with E-state index in [1.54, 1.807) is 30.3 Å². The first-order chi connectivity index (χ1) is 18.0. The van der Waals surface area contributed by atoms with Gasteiger partial charge in [0.05, 0.1) is 36.1 Å². The second kappa shape index (κ2) is 10.7. The van der Waals surface area contributed by atoms with Gasteiger partial charge in [0, 0.05) is 42.2 Å². The number of amides is 2. The second-order valence-electron chi connectivity index (χ2n) is 8.80. The maximum absolute atomic E-state index is 13.0. The number of hydrogen-bond donors (Lipinski definition) is 2. The summed E-state index contributed by atoms with van der Waals surface area (Å²) in [5.41, 5.74) is 3.36. The molecule has 2 aliphatic heterocycles. The molecule has 10 heteroatoms. The Morgan fingerprint density at radius 3 is 2.51 bits per heavy atom. The van der Waals surface area contributed by atoms with Crippen LogP contribution in [0.1, 0.15) is 17.0 Å². The molecule has 2 N–H and O–H groups in total. The van der Waals surface area contributed by atoms with E-state index in [2.05, 4.69) is 10.6 Å². The molecule has 0 aliphatic carbocycles. The van der Waals surface area contributed by atoms with Crippen LogP contribution in [0.25, 0.3) is 0 Å². The number of nitro groups is 1. The van der Waals surface area contributed by atoms with E-state index in [1.807, 2.05) is 35.2 Å². The summed E-state index contributed by atoms with van der Waals surface area (Å²) >= 11 is 0. The number of fused-ring (bicyclic) bond motifs is 1. The minimum Gasteiger partial charge on any atom is -0.379 e. The number of rotatable bonds is 7. The lowest BCUT2D eigenvalue weighted by atomic mass is 9.90. The highest BCUT2D eigenvalue weighted by Gasteiger charge is 2.36. The zero-order valence-electron chi connectivity index (χ0n) is 19.9. The molecule has 1 atom stereocenters. The van der Waals surface area contributed by atoms with Gasteiger partial charge >= 0.3 is 0 Å². The average molecular weight is 500 g/mol. The number of benzene rings is 3. The van der Waals surface area contributed by atoms with Crippen molar-refractivity contribution in [2.45, 2.75) is 5.92 Å². The smallest absolute Gasteiger partial charge is 0.269 e. The molecule has 0 bridgehead atoms. The Kier molecular flexibility index (Phi) is 7.02. The molecular weight excluding hydrogens is 474 g/mol. The molecule has 1 fully saturated rings. The van der Waals surface area contributed by atoms with Gasteiger partial charge in [0.2, 0.25) is 11.8 Å². The van der Waals surface area contributed by atoms with Crippen molar-refractivity contribution < 1.29 is 19.2 Å². The van der Waals surface area contributed by atoms with Crippen LogP contribution in [0.15, 0.2) is 77.8 Å². The molecule has 0 spiro atoms. The summed E-state index contributed by atoms with van der Waals surface area (Å²) in [7, 11) is 0. The Morgan fingerprint density at radius 2 is 1.81 bits per heavy atom. The largest absolute Gasteiger partial charge is 0.379 e. The first-order valence-corrected chi connectivity index (χ1v) is 11.9. The molecule has 0 radical (unpaired) electrons. The van der Waals surface area contributed by atoms with Crippen LogP contribution in [0.4, 0.5) is 22.7 Å². The molecule has 0 saturated carbocycles. The standard InChI is InChI=1S/C27H25N5O5/c33-24(17-31-12-14-37-15-13-31)28-19-6-8-20(9-7-19)29-26(18-4-2-1-3-5-18)25-22-16-21(32(35)36)10-11-23(22)30-27(25)34/h1-11,16,25H,12-15,17H2,(H,28,33)(H,30,34). The fourth-order valence-corrected chi connectivity index (χ4v) is 4.46. The van der Waals surface area contributed by atoms with Gasteiger partial charge < -0.3 is 15.4 Å². The summed E-state index contributed by atoms with van der Waals surface area (Å²) in [6, 6.07) is 20.6. The lowest BCUT2D eigenvalue weighted by molar-refractivity contribution is -0.384. The number of carbonyl (C=O) groups is 2. The SMILES string of the molecule is O=C(CN1CCOCC1)Nc1ccc(N=C(c2ccccc2)C2C(=O)Nc3ccc([N+](=O)[O-])cc32)cc1. The van der Waals surface area contributed by atoms with Crippen molar-refractivity contribution in [3.63, 3.8) is 0 Å². The minimum absolute atomic E-state index is 0.0927. The molecule has 10 nitrogen and oxygen atoms in total. The van der Waals surface area contributed by atoms with E-state index in [9.17, 15) is 19.7 Å². The molecule has 2 amide bonds. The Hall–Kier alpha value is -4.41. The van der Waals surface area contributed by atoms with Gasteiger partial charge in [-0.05, 0) is 35.9 Å². The third-order valence-electron chi connectivity index (χ3n) is 6.29. The zero-order chi connectivity index (χ0) is 25.8. The molecule has 0 aromatic heterocycles. The highest BCUT2D eigenvalue weighted by molar-refractivity contribution is 6.24. The van der Waals surface area contributed by atoms with E-state index in [4.69, 9.17) is 9.73 Å².